The van der Waals surface area contributed by atoms with Gasteiger partial charge in [0, 0.05) is 56.1 Å². The monoisotopic (exact) mass is 1020 g/mol. The molecule has 2 atom stereocenters. The number of fused-ring (bicyclic) bond motifs is 1. The Morgan fingerprint density at radius 3 is 2.37 bits per heavy atom. The highest BCUT2D eigenvalue weighted by molar-refractivity contribution is 7.88. The van der Waals surface area contributed by atoms with Crippen molar-refractivity contribution in [3.05, 3.63) is 98.2 Å². The van der Waals surface area contributed by atoms with Gasteiger partial charge >= 0.3 is 23.7 Å². The summed E-state index contributed by atoms with van der Waals surface area (Å²) in [5.41, 5.74) is 3.43. The number of ether oxygens (including phenoxy) is 2. The van der Waals surface area contributed by atoms with Crippen LogP contribution in [0.15, 0.2) is 71.5 Å². The molecule has 3 aliphatic rings. The molecule has 0 bridgehead atoms. The summed E-state index contributed by atoms with van der Waals surface area (Å²) in [5, 5.41) is 27.6. The third kappa shape index (κ3) is 10.7. The Bertz CT molecular complexity index is 3030. The van der Waals surface area contributed by atoms with Gasteiger partial charge in [-0.2, -0.15) is 4.31 Å². The van der Waals surface area contributed by atoms with Crippen molar-refractivity contribution < 1.29 is 52.1 Å². The minimum absolute atomic E-state index is 0.00522. The third-order valence-electron chi connectivity index (χ3n) is 13.1. The maximum atomic E-state index is 14.1. The second-order valence-corrected chi connectivity index (χ2v) is 21.6. The lowest BCUT2D eigenvalue weighted by Crippen LogP contribution is -2.55. The van der Waals surface area contributed by atoms with Crippen LogP contribution in [0, 0.1) is 0 Å². The summed E-state index contributed by atoms with van der Waals surface area (Å²) in [6.07, 6.45) is 2.66. The van der Waals surface area contributed by atoms with Crippen molar-refractivity contribution in [2.45, 2.75) is 88.2 Å². The first-order chi connectivity index (χ1) is 33.3. The average molecular weight is 1020 g/mol. The van der Waals surface area contributed by atoms with Crippen LogP contribution in [0.25, 0.3) is 21.5 Å². The number of imide groups is 1. The Hall–Kier alpha value is -6.26. The highest BCUT2D eigenvalue weighted by Crippen LogP contribution is 2.46. The fraction of sp³-hybridized carbons (Fsp3) is 0.417. The predicted octanol–water partition coefficient (Wildman–Crippen LogP) is 6.57. The molecule has 0 radical (unpaired) electrons. The molecule has 3 aromatic carbocycles. The smallest absolute Gasteiger partial charge is 0.349 e. The fourth-order valence-corrected chi connectivity index (χ4v) is 13.2. The summed E-state index contributed by atoms with van der Waals surface area (Å²) in [5.74, 6) is -3.83. The van der Waals surface area contributed by atoms with E-state index >= 15 is 0 Å². The molecular formula is C48H54ClN7O12S2. The van der Waals surface area contributed by atoms with Crippen LogP contribution >= 0.6 is 22.9 Å². The number of thiophene rings is 1. The number of imidazole rings is 1. The number of methoxy groups -OCH3 is 1. The van der Waals surface area contributed by atoms with Gasteiger partial charge in [-0.05, 0) is 105 Å². The van der Waals surface area contributed by atoms with Gasteiger partial charge in [0.15, 0.2) is 17.2 Å². The van der Waals surface area contributed by atoms with Gasteiger partial charge in [0.2, 0.25) is 21.8 Å². The van der Waals surface area contributed by atoms with Crippen LogP contribution < -0.4 is 26.4 Å². The van der Waals surface area contributed by atoms with E-state index in [0.717, 1.165) is 16.9 Å². The molecule has 5 aromatic rings. The van der Waals surface area contributed by atoms with Gasteiger partial charge in [-0.15, -0.1) is 11.3 Å². The van der Waals surface area contributed by atoms with E-state index in [1.54, 1.807) is 59.0 Å². The zero-order valence-electron chi connectivity index (χ0n) is 38.7. The Morgan fingerprint density at radius 2 is 1.67 bits per heavy atom. The van der Waals surface area contributed by atoms with Crippen molar-refractivity contribution in [1.29, 1.82) is 0 Å². The number of nitrogens with one attached hydrogen (secondary N) is 3. The van der Waals surface area contributed by atoms with Crippen molar-refractivity contribution in [2.75, 3.05) is 50.6 Å². The molecule has 22 heteroatoms. The number of halogens is 1. The number of amides is 4. The number of nitrogens with zero attached hydrogens (tertiary/aromatic N) is 4. The first-order valence-electron chi connectivity index (χ1n) is 22.8. The van der Waals surface area contributed by atoms with Gasteiger partial charge < -0.3 is 35.2 Å². The first-order valence-corrected chi connectivity index (χ1v) is 25.6. The molecule has 8 rings (SSSR count). The number of piperidine rings is 3. The largest absolute Gasteiger partial charge is 0.479 e. The number of sulfonamides is 1. The number of hydrogen-bond donors (Lipinski definition) is 5. The predicted molar refractivity (Wildman–Crippen MR) is 263 cm³/mol. The molecule has 2 aromatic heterocycles. The second kappa shape index (κ2) is 20.6. The molecule has 5 N–H and O–H groups in total. The van der Waals surface area contributed by atoms with Crippen LogP contribution in [-0.2, 0) is 41.4 Å². The molecule has 0 saturated carbocycles. The molecule has 0 spiro atoms. The minimum atomic E-state index is -3.82. The van der Waals surface area contributed by atoms with Crippen molar-refractivity contribution in [3.63, 3.8) is 0 Å². The summed E-state index contributed by atoms with van der Waals surface area (Å²) in [6, 6.07) is 18.6. The number of benzene rings is 3. The average Bonchev–Trinajstić information content (AvgIpc) is 3.78. The molecular weight excluding hydrogens is 966 g/mol. The number of aromatic carboxylic acids is 1. The van der Waals surface area contributed by atoms with Crippen molar-refractivity contribution in [1.82, 2.24) is 23.7 Å². The highest BCUT2D eigenvalue weighted by Gasteiger charge is 2.42. The van der Waals surface area contributed by atoms with Gasteiger partial charge in [0.05, 0.1) is 34.8 Å². The number of carbonyl (C=O) groups is 5. The molecule has 3 fully saturated rings. The standard InChI is InChI=1S/C48H54ClN7O12S2/c1-48(2)25-34(50-33-9-5-7-31(23-33)42-40(49)41(68-26-39(58)59)43(69-42)45(61)62)16-19-55(48)70(65,66)27-28-6-4-8-32(22-28)51-46(63)53-17-14-29(15-18-53)30-10-11-35-37(24-30)54(20-21-67-3)47(64)56(35)36-12-13-38(57)52-44(36)60/h4-11,22-24,29,34,36,50H,12-21,25-27H2,1-3H3,(H,51,63)(H,58,59)(H,61,62)(H,52,57,60)/t34-,36?/m0/s1. The van der Waals surface area contributed by atoms with E-state index in [2.05, 4.69) is 16.0 Å². The van der Waals surface area contributed by atoms with Gasteiger partial charge in [0.1, 0.15) is 11.1 Å². The summed E-state index contributed by atoms with van der Waals surface area (Å²) >= 11 is 7.40. The van der Waals surface area contributed by atoms with E-state index in [1.807, 2.05) is 38.1 Å². The van der Waals surface area contributed by atoms with Crippen LogP contribution in [0.4, 0.5) is 16.2 Å². The van der Waals surface area contributed by atoms with Crippen LogP contribution in [-0.4, -0.2) is 118 Å². The van der Waals surface area contributed by atoms with E-state index in [4.69, 9.17) is 26.2 Å². The van der Waals surface area contributed by atoms with E-state index in [-0.39, 0.29) is 83.5 Å². The zero-order chi connectivity index (χ0) is 50.1. The molecule has 3 aliphatic heterocycles. The molecule has 1 unspecified atom stereocenters. The minimum Gasteiger partial charge on any atom is -0.479 e. The molecule has 0 aliphatic carbocycles. The lowest BCUT2D eigenvalue weighted by atomic mass is 9.89. The normalized spacial score (nSPS) is 18.9. The van der Waals surface area contributed by atoms with Crippen LogP contribution in [0.3, 0.4) is 0 Å². The number of rotatable bonds is 16. The number of aliphatic carboxylic acids is 1. The van der Waals surface area contributed by atoms with E-state index < -0.39 is 46.1 Å². The third-order valence-corrected chi connectivity index (χ3v) is 16.8. The molecule has 19 nitrogen and oxygen atoms in total. The lowest BCUT2D eigenvalue weighted by molar-refractivity contribution is -0.139. The van der Waals surface area contributed by atoms with Crippen molar-refractivity contribution in [2.24, 2.45) is 0 Å². The molecule has 70 heavy (non-hydrogen) atoms. The highest BCUT2D eigenvalue weighted by atomic mass is 35.5. The Kier molecular flexibility index (Phi) is 14.8. The van der Waals surface area contributed by atoms with Gasteiger partial charge in [0.25, 0.3) is 0 Å². The number of urea groups is 1. The van der Waals surface area contributed by atoms with Gasteiger partial charge in [-0.1, -0.05) is 41.9 Å². The lowest BCUT2D eigenvalue weighted by Gasteiger charge is -2.45. The van der Waals surface area contributed by atoms with Crippen molar-refractivity contribution >= 4 is 85.2 Å². The summed E-state index contributed by atoms with van der Waals surface area (Å²) < 4.78 is 43.3. The summed E-state index contributed by atoms with van der Waals surface area (Å²) in [7, 11) is -2.27. The Balaban J connectivity index is 0.869. The van der Waals surface area contributed by atoms with Crippen LogP contribution in [0.5, 0.6) is 5.75 Å². The Labute approximate surface area is 412 Å². The van der Waals surface area contributed by atoms with Crippen molar-refractivity contribution in [3.8, 4) is 16.2 Å². The number of likely N-dealkylation sites (tertiary alicyclic amines) is 1. The van der Waals surface area contributed by atoms with Gasteiger partial charge in [-0.25, -0.2) is 27.6 Å². The maximum Gasteiger partial charge on any atom is 0.349 e. The quantitative estimate of drug-likeness (QED) is 0.0658. The number of carboxylic acids is 2. The molecule has 5 heterocycles. The number of hydrogen-bond acceptors (Lipinski definition) is 12. The van der Waals surface area contributed by atoms with E-state index in [9.17, 15) is 42.3 Å². The molecule has 4 amide bonds. The molecule has 3 saturated heterocycles. The Morgan fingerprint density at radius 1 is 0.929 bits per heavy atom. The number of aromatic nitrogens is 2. The van der Waals surface area contributed by atoms with Crippen LogP contribution in [0.2, 0.25) is 5.02 Å². The SMILES string of the molecule is COCCn1c(=O)n(C2CCC(=O)NC2=O)c2ccc(C3CCN(C(=O)Nc4cccc(CS(=O)(=O)N5CC[C@H](Nc6cccc(-c7sc(C(=O)O)c(OCC(=O)O)c7Cl)c6)CC5(C)C)c4)CC3)cc21. The summed E-state index contributed by atoms with van der Waals surface area (Å²) in [6.45, 7) is 4.75. The first kappa shape index (κ1) is 50.1. The summed E-state index contributed by atoms with van der Waals surface area (Å²) in [4.78, 5) is 76.9. The molecule has 372 valence electrons. The maximum absolute atomic E-state index is 14.1. The van der Waals surface area contributed by atoms with E-state index in [0.29, 0.717) is 77.2 Å². The zero-order valence-corrected chi connectivity index (χ0v) is 41.1. The topological polar surface area (TPSA) is 248 Å². The van der Waals surface area contributed by atoms with E-state index in [1.165, 1.54) is 8.87 Å². The second-order valence-electron chi connectivity index (χ2n) is 18.4. The number of anilines is 2. The van der Waals surface area contributed by atoms with Crippen LogP contribution in [0.1, 0.15) is 85.1 Å². The fourth-order valence-electron chi connectivity index (χ4n) is 9.82. The number of carboxylic acid groups (broad SMARTS) is 2. The number of carbonyl (C=O) groups excluding carboxylic acids is 3. The van der Waals surface area contributed by atoms with Gasteiger partial charge in [-0.3, -0.25) is 24.0 Å².